The van der Waals surface area contributed by atoms with Crippen LogP contribution in [0.3, 0.4) is 0 Å². The van der Waals surface area contributed by atoms with E-state index in [4.69, 9.17) is 8.83 Å². The van der Waals surface area contributed by atoms with Crippen molar-refractivity contribution in [3.63, 3.8) is 0 Å². The molecule has 0 radical (unpaired) electrons. The lowest BCUT2D eigenvalue weighted by Gasteiger charge is -2.27. The molecular formula is C50H38N2O2. The van der Waals surface area contributed by atoms with Crippen molar-refractivity contribution in [2.24, 2.45) is 0 Å². The molecule has 0 amide bonds. The Balaban J connectivity index is 1.07. The summed E-state index contributed by atoms with van der Waals surface area (Å²) < 4.78 is 13.3. The molecule has 0 saturated heterocycles. The van der Waals surface area contributed by atoms with Crippen molar-refractivity contribution in [2.45, 2.75) is 27.7 Å². The van der Waals surface area contributed by atoms with Crippen LogP contribution in [0.2, 0.25) is 0 Å². The van der Waals surface area contributed by atoms with E-state index in [2.05, 4.69) is 195 Å². The molecule has 0 saturated carbocycles. The van der Waals surface area contributed by atoms with Gasteiger partial charge in [-0.2, -0.15) is 0 Å². The standard InChI is InChI=1S/C50H38N2O2/c1-31-9-15-37(16-10-31)51(38-17-11-32(2)12-18-38)40-21-23-42-44-25-35-28-48-45(26-36(35)27-47(44)53-49(42)29-40)43-24-22-41(30-50(43)54-48)52(39-19-13-33(3)14-20-39)46-8-6-5-7-34(46)4/h5-30H,1-4H3. The lowest BCUT2D eigenvalue weighted by molar-refractivity contribution is 0.668. The van der Waals surface area contributed by atoms with E-state index in [1.165, 1.54) is 22.3 Å². The molecule has 0 N–H and O–H groups in total. The van der Waals surface area contributed by atoms with Crippen LogP contribution in [0.4, 0.5) is 34.1 Å². The molecule has 0 bridgehead atoms. The fourth-order valence-corrected chi connectivity index (χ4v) is 7.82. The van der Waals surface area contributed by atoms with Crippen LogP contribution in [-0.2, 0) is 0 Å². The van der Waals surface area contributed by atoms with Crippen LogP contribution in [0, 0.1) is 27.7 Å². The smallest absolute Gasteiger partial charge is 0.137 e. The van der Waals surface area contributed by atoms with Gasteiger partial charge in [0.15, 0.2) is 0 Å². The number of nitrogens with zero attached hydrogens (tertiary/aromatic N) is 2. The molecule has 54 heavy (non-hydrogen) atoms. The zero-order valence-electron chi connectivity index (χ0n) is 30.7. The summed E-state index contributed by atoms with van der Waals surface area (Å²) in [4.78, 5) is 4.59. The van der Waals surface area contributed by atoms with Crippen LogP contribution in [0.5, 0.6) is 0 Å². The summed E-state index contributed by atoms with van der Waals surface area (Å²) in [6.45, 7) is 8.52. The lowest BCUT2D eigenvalue weighted by atomic mass is 10.0. The molecule has 0 unspecified atom stereocenters. The number of furan rings is 2. The molecule has 10 aromatic rings. The zero-order chi connectivity index (χ0) is 36.5. The minimum Gasteiger partial charge on any atom is -0.456 e. The number of benzene rings is 8. The minimum absolute atomic E-state index is 0.857. The lowest BCUT2D eigenvalue weighted by Crippen LogP contribution is -2.11. The van der Waals surface area contributed by atoms with Crippen molar-refractivity contribution >= 4 is 88.8 Å². The quantitative estimate of drug-likeness (QED) is 0.173. The Labute approximate surface area is 314 Å². The predicted octanol–water partition coefficient (Wildman–Crippen LogP) is 14.8. The first-order valence-corrected chi connectivity index (χ1v) is 18.5. The van der Waals surface area contributed by atoms with E-state index in [-0.39, 0.29) is 0 Å². The van der Waals surface area contributed by atoms with Gasteiger partial charge in [0, 0.05) is 67.8 Å². The molecule has 0 aliphatic heterocycles. The Morgan fingerprint density at radius 3 is 1.19 bits per heavy atom. The maximum atomic E-state index is 6.64. The monoisotopic (exact) mass is 698 g/mol. The second-order valence-electron chi connectivity index (χ2n) is 14.6. The molecule has 2 heterocycles. The minimum atomic E-state index is 0.857. The fourth-order valence-electron chi connectivity index (χ4n) is 7.82. The van der Waals surface area contributed by atoms with Gasteiger partial charge in [0.05, 0.1) is 0 Å². The normalized spacial score (nSPS) is 11.7. The molecule has 10 rings (SSSR count). The molecule has 260 valence electrons. The van der Waals surface area contributed by atoms with Gasteiger partial charge in [-0.3, -0.25) is 0 Å². The highest BCUT2D eigenvalue weighted by molar-refractivity contribution is 6.15. The third-order valence-electron chi connectivity index (χ3n) is 10.7. The SMILES string of the molecule is Cc1ccc(N(c2ccc(C)cc2)c2ccc3c(c2)oc2cc4cc5c(cc4cc23)oc2cc(N(c3ccc(C)cc3)c3ccccc3C)ccc25)cc1. The van der Waals surface area contributed by atoms with Gasteiger partial charge in [-0.1, -0.05) is 71.3 Å². The Hall–Kier alpha value is -6.78. The summed E-state index contributed by atoms with van der Waals surface area (Å²) in [5.41, 5.74) is 14.9. The number of fused-ring (bicyclic) bond motifs is 7. The van der Waals surface area contributed by atoms with Gasteiger partial charge >= 0.3 is 0 Å². The Kier molecular flexibility index (Phi) is 7.34. The van der Waals surface area contributed by atoms with Gasteiger partial charge < -0.3 is 18.6 Å². The Bertz CT molecular complexity index is 2980. The maximum absolute atomic E-state index is 6.64. The molecule has 2 aromatic heterocycles. The fraction of sp³-hybridized carbons (Fsp3) is 0.0800. The largest absolute Gasteiger partial charge is 0.456 e. The molecule has 8 aromatic carbocycles. The molecule has 0 fully saturated rings. The highest BCUT2D eigenvalue weighted by atomic mass is 16.3. The van der Waals surface area contributed by atoms with E-state index < -0.39 is 0 Å². The first-order chi connectivity index (χ1) is 26.4. The van der Waals surface area contributed by atoms with Crippen molar-refractivity contribution in [3.8, 4) is 0 Å². The summed E-state index contributed by atoms with van der Waals surface area (Å²) in [6.07, 6.45) is 0. The summed E-state index contributed by atoms with van der Waals surface area (Å²) in [5, 5.41) is 6.58. The maximum Gasteiger partial charge on any atom is 0.137 e. The molecule has 0 spiro atoms. The second kappa shape index (κ2) is 12.4. The van der Waals surface area contributed by atoms with Crippen molar-refractivity contribution in [2.75, 3.05) is 9.80 Å². The van der Waals surface area contributed by atoms with Gasteiger partial charge in [0.1, 0.15) is 22.3 Å². The Morgan fingerprint density at radius 2 is 0.722 bits per heavy atom. The van der Waals surface area contributed by atoms with Gasteiger partial charge in [-0.25, -0.2) is 0 Å². The van der Waals surface area contributed by atoms with Crippen molar-refractivity contribution in [3.05, 3.63) is 180 Å². The number of aryl methyl sites for hydroxylation is 4. The van der Waals surface area contributed by atoms with Gasteiger partial charge in [-0.15, -0.1) is 0 Å². The summed E-state index contributed by atoms with van der Waals surface area (Å²) in [6, 6.07) is 56.5. The van der Waals surface area contributed by atoms with E-state index in [9.17, 15) is 0 Å². The van der Waals surface area contributed by atoms with Gasteiger partial charge in [0.2, 0.25) is 0 Å². The van der Waals surface area contributed by atoms with Crippen molar-refractivity contribution in [1.82, 2.24) is 0 Å². The van der Waals surface area contributed by atoms with E-state index in [1.54, 1.807) is 0 Å². The van der Waals surface area contributed by atoms with Crippen LogP contribution in [0.25, 0.3) is 54.6 Å². The zero-order valence-corrected chi connectivity index (χ0v) is 30.7. The highest BCUT2D eigenvalue weighted by Crippen LogP contribution is 2.43. The first kappa shape index (κ1) is 31.9. The van der Waals surface area contributed by atoms with Crippen LogP contribution >= 0.6 is 0 Å². The van der Waals surface area contributed by atoms with E-state index in [1.807, 2.05) is 0 Å². The molecule has 0 atom stereocenters. The first-order valence-electron chi connectivity index (χ1n) is 18.5. The van der Waals surface area contributed by atoms with E-state index in [0.717, 1.165) is 88.8 Å². The molecule has 0 aliphatic rings. The predicted molar refractivity (Wildman–Crippen MR) is 227 cm³/mol. The molecule has 0 aliphatic carbocycles. The summed E-state index contributed by atoms with van der Waals surface area (Å²) >= 11 is 0. The topological polar surface area (TPSA) is 32.8 Å². The van der Waals surface area contributed by atoms with Crippen molar-refractivity contribution < 1.29 is 8.83 Å². The number of para-hydroxylation sites is 1. The third-order valence-corrected chi connectivity index (χ3v) is 10.7. The second-order valence-corrected chi connectivity index (χ2v) is 14.6. The van der Waals surface area contributed by atoms with Crippen LogP contribution < -0.4 is 9.80 Å². The summed E-state index contributed by atoms with van der Waals surface area (Å²) in [7, 11) is 0. The van der Waals surface area contributed by atoms with Crippen molar-refractivity contribution in [1.29, 1.82) is 0 Å². The molecule has 4 heteroatoms. The third kappa shape index (κ3) is 5.38. The van der Waals surface area contributed by atoms with Crippen LogP contribution in [-0.4, -0.2) is 0 Å². The van der Waals surface area contributed by atoms with Crippen LogP contribution in [0.1, 0.15) is 22.3 Å². The Morgan fingerprint density at radius 1 is 0.333 bits per heavy atom. The molecular weight excluding hydrogens is 661 g/mol. The average Bonchev–Trinajstić information content (AvgIpc) is 3.72. The van der Waals surface area contributed by atoms with E-state index in [0.29, 0.717) is 0 Å². The highest BCUT2D eigenvalue weighted by Gasteiger charge is 2.19. The van der Waals surface area contributed by atoms with Gasteiger partial charge in [0.25, 0.3) is 0 Å². The average molecular weight is 699 g/mol. The van der Waals surface area contributed by atoms with Crippen LogP contribution in [0.15, 0.2) is 167 Å². The number of rotatable bonds is 6. The number of anilines is 6. The van der Waals surface area contributed by atoms with Gasteiger partial charge in [-0.05, 0) is 135 Å². The number of hydrogen-bond acceptors (Lipinski definition) is 4. The molecule has 4 nitrogen and oxygen atoms in total. The summed E-state index contributed by atoms with van der Waals surface area (Å²) in [5.74, 6) is 0. The number of hydrogen-bond donors (Lipinski definition) is 0. The van der Waals surface area contributed by atoms with E-state index >= 15 is 0 Å².